The highest BCUT2D eigenvalue weighted by Gasteiger charge is 2.11. The number of hydrogen-bond acceptors (Lipinski definition) is 4. The smallest absolute Gasteiger partial charge is 0.288 e. The SMILES string of the molecule is Nc1ccccc1CNc1ccc([N+](=O)[O-])c(Cl)c1. The van der Waals surface area contributed by atoms with Gasteiger partial charge < -0.3 is 11.1 Å². The summed E-state index contributed by atoms with van der Waals surface area (Å²) >= 11 is 5.83. The Morgan fingerprint density at radius 3 is 2.63 bits per heavy atom. The zero-order valence-electron chi connectivity index (χ0n) is 9.97. The quantitative estimate of drug-likeness (QED) is 0.509. The number of nitro benzene ring substituents is 1. The molecule has 0 aliphatic heterocycles. The average molecular weight is 278 g/mol. The van der Waals surface area contributed by atoms with Crippen molar-refractivity contribution in [3.8, 4) is 0 Å². The monoisotopic (exact) mass is 277 g/mol. The van der Waals surface area contributed by atoms with Crippen LogP contribution in [0.3, 0.4) is 0 Å². The standard InChI is InChI=1S/C13H12ClN3O2/c14-11-7-10(5-6-13(11)17(18)19)16-8-9-3-1-2-4-12(9)15/h1-7,16H,8,15H2. The number of nitro groups is 1. The number of benzene rings is 2. The molecule has 98 valence electrons. The van der Waals surface area contributed by atoms with Crippen LogP contribution in [-0.4, -0.2) is 4.92 Å². The van der Waals surface area contributed by atoms with Gasteiger partial charge in [0.15, 0.2) is 0 Å². The molecule has 0 bridgehead atoms. The fourth-order valence-corrected chi connectivity index (χ4v) is 1.91. The third-order valence-electron chi connectivity index (χ3n) is 2.68. The van der Waals surface area contributed by atoms with Crippen molar-refractivity contribution < 1.29 is 4.92 Å². The lowest BCUT2D eigenvalue weighted by Crippen LogP contribution is -2.02. The molecule has 0 fully saturated rings. The van der Waals surface area contributed by atoms with Crippen LogP contribution in [-0.2, 0) is 6.54 Å². The minimum absolute atomic E-state index is 0.105. The lowest BCUT2D eigenvalue weighted by Gasteiger charge is -2.09. The summed E-state index contributed by atoms with van der Waals surface area (Å²) in [6, 6.07) is 12.0. The van der Waals surface area contributed by atoms with Gasteiger partial charge in [0.2, 0.25) is 0 Å². The molecular weight excluding hydrogens is 266 g/mol. The molecule has 0 spiro atoms. The number of nitrogen functional groups attached to an aromatic ring is 1. The van der Waals surface area contributed by atoms with Crippen LogP contribution in [0.5, 0.6) is 0 Å². The van der Waals surface area contributed by atoms with Gasteiger partial charge in [0.1, 0.15) is 5.02 Å². The largest absolute Gasteiger partial charge is 0.398 e. The van der Waals surface area contributed by atoms with Gasteiger partial charge in [-0.2, -0.15) is 0 Å². The Labute approximate surface area is 115 Å². The number of nitrogens with zero attached hydrogens (tertiary/aromatic N) is 1. The Kier molecular flexibility index (Phi) is 3.87. The van der Waals surface area contributed by atoms with E-state index in [1.54, 1.807) is 6.07 Å². The number of halogens is 1. The predicted octanol–water partition coefficient (Wildman–Crippen LogP) is 3.44. The molecule has 2 aromatic rings. The number of rotatable bonds is 4. The van der Waals surface area contributed by atoms with E-state index in [0.29, 0.717) is 17.9 Å². The van der Waals surface area contributed by atoms with E-state index < -0.39 is 4.92 Å². The van der Waals surface area contributed by atoms with Gasteiger partial charge >= 0.3 is 0 Å². The molecule has 0 aliphatic rings. The number of para-hydroxylation sites is 1. The first-order valence-electron chi connectivity index (χ1n) is 5.59. The van der Waals surface area contributed by atoms with Crippen LogP contribution in [0.2, 0.25) is 5.02 Å². The molecule has 6 heteroatoms. The Bertz CT molecular complexity index is 617. The molecule has 0 aliphatic carbocycles. The van der Waals surface area contributed by atoms with E-state index in [4.69, 9.17) is 17.3 Å². The molecule has 0 amide bonds. The van der Waals surface area contributed by atoms with Crippen LogP contribution >= 0.6 is 11.6 Å². The number of nitrogens with two attached hydrogens (primary N) is 1. The molecule has 2 rings (SSSR count). The molecule has 19 heavy (non-hydrogen) atoms. The third-order valence-corrected chi connectivity index (χ3v) is 2.99. The molecule has 3 N–H and O–H groups in total. The van der Waals surface area contributed by atoms with Crippen molar-refractivity contribution in [1.82, 2.24) is 0 Å². The van der Waals surface area contributed by atoms with E-state index in [1.165, 1.54) is 12.1 Å². The van der Waals surface area contributed by atoms with Crippen molar-refractivity contribution in [2.75, 3.05) is 11.1 Å². The molecule has 0 saturated heterocycles. The second-order valence-corrected chi connectivity index (χ2v) is 4.38. The lowest BCUT2D eigenvalue weighted by molar-refractivity contribution is -0.384. The van der Waals surface area contributed by atoms with Gasteiger partial charge in [-0.1, -0.05) is 29.8 Å². The highest BCUT2D eigenvalue weighted by Crippen LogP contribution is 2.27. The molecule has 0 aromatic heterocycles. The van der Waals surface area contributed by atoms with Gasteiger partial charge in [0.05, 0.1) is 4.92 Å². The van der Waals surface area contributed by atoms with E-state index in [-0.39, 0.29) is 10.7 Å². The van der Waals surface area contributed by atoms with E-state index in [1.807, 2.05) is 24.3 Å². The van der Waals surface area contributed by atoms with Gasteiger partial charge in [-0.05, 0) is 23.8 Å². The first-order valence-corrected chi connectivity index (χ1v) is 5.97. The van der Waals surface area contributed by atoms with Crippen LogP contribution in [0.15, 0.2) is 42.5 Å². The Balaban J connectivity index is 2.11. The summed E-state index contributed by atoms with van der Waals surface area (Å²) in [6.07, 6.45) is 0. The number of hydrogen-bond donors (Lipinski definition) is 2. The van der Waals surface area contributed by atoms with Crippen LogP contribution < -0.4 is 11.1 Å². The summed E-state index contributed by atoms with van der Waals surface area (Å²) in [4.78, 5) is 10.1. The van der Waals surface area contributed by atoms with E-state index in [0.717, 1.165) is 5.56 Å². The van der Waals surface area contributed by atoms with Gasteiger partial charge in [-0.15, -0.1) is 0 Å². The summed E-state index contributed by atoms with van der Waals surface area (Å²) in [7, 11) is 0. The summed E-state index contributed by atoms with van der Waals surface area (Å²) in [6.45, 7) is 0.529. The lowest BCUT2D eigenvalue weighted by atomic mass is 10.2. The topological polar surface area (TPSA) is 81.2 Å². The van der Waals surface area contributed by atoms with E-state index in [2.05, 4.69) is 5.32 Å². The van der Waals surface area contributed by atoms with E-state index in [9.17, 15) is 10.1 Å². The van der Waals surface area contributed by atoms with Crippen molar-refractivity contribution in [3.63, 3.8) is 0 Å². The van der Waals surface area contributed by atoms with Crippen LogP contribution in [0, 0.1) is 10.1 Å². The molecule has 0 heterocycles. The summed E-state index contributed by atoms with van der Waals surface area (Å²) in [5.41, 5.74) is 8.08. The van der Waals surface area contributed by atoms with Crippen molar-refractivity contribution in [1.29, 1.82) is 0 Å². The molecule has 0 atom stereocenters. The maximum atomic E-state index is 10.6. The first kappa shape index (κ1) is 13.2. The molecule has 0 unspecified atom stereocenters. The van der Waals surface area contributed by atoms with Crippen LogP contribution in [0.4, 0.5) is 17.1 Å². The van der Waals surface area contributed by atoms with Crippen molar-refractivity contribution in [3.05, 3.63) is 63.2 Å². The second kappa shape index (κ2) is 5.58. The van der Waals surface area contributed by atoms with E-state index >= 15 is 0 Å². The van der Waals surface area contributed by atoms with Crippen molar-refractivity contribution in [2.24, 2.45) is 0 Å². The van der Waals surface area contributed by atoms with Crippen LogP contribution in [0.1, 0.15) is 5.56 Å². The summed E-state index contributed by atoms with van der Waals surface area (Å²) < 4.78 is 0. The minimum atomic E-state index is -0.513. The Morgan fingerprint density at radius 2 is 2.00 bits per heavy atom. The van der Waals surface area contributed by atoms with Crippen molar-refractivity contribution in [2.45, 2.75) is 6.54 Å². The highest BCUT2D eigenvalue weighted by atomic mass is 35.5. The third kappa shape index (κ3) is 3.14. The Hall–Kier alpha value is -2.27. The number of anilines is 2. The first-order chi connectivity index (χ1) is 9.08. The normalized spacial score (nSPS) is 10.2. The van der Waals surface area contributed by atoms with Crippen molar-refractivity contribution >= 4 is 28.7 Å². The maximum Gasteiger partial charge on any atom is 0.288 e. The van der Waals surface area contributed by atoms with Gasteiger partial charge in [0, 0.05) is 24.0 Å². The van der Waals surface area contributed by atoms with Gasteiger partial charge in [0.25, 0.3) is 5.69 Å². The zero-order valence-corrected chi connectivity index (χ0v) is 10.7. The maximum absolute atomic E-state index is 10.6. The molecule has 2 aromatic carbocycles. The van der Waals surface area contributed by atoms with Crippen LogP contribution in [0.25, 0.3) is 0 Å². The summed E-state index contributed by atoms with van der Waals surface area (Å²) in [5.74, 6) is 0. The molecule has 0 radical (unpaired) electrons. The zero-order chi connectivity index (χ0) is 13.8. The molecular formula is C13H12ClN3O2. The Morgan fingerprint density at radius 1 is 1.26 bits per heavy atom. The molecule has 5 nitrogen and oxygen atoms in total. The minimum Gasteiger partial charge on any atom is -0.398 e. The molecule has 0 saturated carbocycles. The van der Waals surface area contributed by atoms with Gasteiger partial charge in [-0.25, -0.2) is 0 Å². The van der Waals surface area contributed by atoms with Gasteiger partial charge in [-0.3, -0.25) is 10.1 Å². The predicted molar refractivity (Wildman–Crippen MR) is 76.3 cm³/mol. The second-order valence-electron chi connectivity index (χ2n) is 3.98. The highest BCUT2D eigenvalue weighted by molar-refractivity contribution is 6.32. The average Bonchev–Trinajstić information content (AvgIpc) is 2.37. The fourth-order valence-electron chi connectivity index (χ4n) is 1.66. The summed E-state index contributed by atoms with van der Waals surface area (Å²) in [5, 5.41) is 13.9. The number of nitrogens with one attached hydrogen (secondary N) is 1. The fraction of sp³-hybridized carbons (Fsp3) is 0.0769.